The van der Waals surface area contributed by atoms with Crippen LogP contribution in [-0.4, -0.2) is 37.7 Å². The lowest BCUT2D eigenvalue weighted by molar-refractivity contribution is -0.148. The number of carboxylic acids is 1. The van der Waals surface area contributed by atoms with Crippen molar-refractivity contribution in [1.82, 2.24) is 0 Å². The first-order valence-corrected chi connectivity index (χ1v) is 11.3. The highest BCUT2D eigenvalue weighted by molar-refractivity contribution is 5.85. The van der Waals surface area contributed by atoms with Crippen molar-refractivity contribution in [3.8, 4) is 17.2 Å². The van der Waals surface area contributed by atoms with Gasteiger partial charge in [0.25, 0.3) is 0 Å². The Morgan fingerprint density at radius 3 is 2.18 bits per heavy atom. The van der Waals surface area contributed by atoms with Crippen molar-refractivity contribution in [3.63, 3.8) is 0 Å². The number of hydrogen-bond donors (Lipinski definition) is 1. The summed E-state index contributed by atoms with van der Waals surface area (Å²) in [4.78, 5) is 11.1. The van der Waals surface area contributed by atoms with E-state index in [0.29, 0.717) is 13.0 Å². The van der Waals surface area contributed by atoms with Crippen molar-refractivity contribution in [1.29, 1.82) is 0 Å². The second-order valence-corrected chi connectivity index (χ2v) is 7.92. The Balaban J connectivity index is 1.38. The summed E-state index contributed by atoms with van der Waals surface area (Å²) in [6, 6.07) is 23.5. The van der Waals surface area contributed by atoms with Crippen molar-refractivity contribution in [2.45, 2.75) is 25.4 Å². The first kappa shape index (κ1) is 23.4. The summed E-state index contributed by atoms with van der Waals surface area (Å²) in [5, 5.41) is 9.12. The molecule has 1 N–H and O–H groups in total. The van der Waals surface area contributed by atoms with Crippen LogP contribution in [0, 0.1) is 0 Å². The number of unbranched alkanes of at least 4 members (excludes halogenated alkanes) is 1. The fourth-order valence-electron chi connectivity index (χ4n) is 3.88. The van der Waals surface area contributed by atoms with Gasteiger partial charge in [-0.2, -0.15) is 0 Å². The van der Waals surface area contributed by atoms with Gasteiger partial charge in [0.15, 0.2) is 6.10 Å². The zero-order valence-electron chi connectivity index (χ0n) is 19.1. The SMILES string of the molecule is COC(Cc1ccc(OCCCC=C2c3ccccc3OCOc3ccccc32)cc1)C(=O)O. The largest absolute Gasteiger partial charge is 0.494 e. The molecule has 0 aliphatic carbocycles. The van der Waals surface area contributed by atoms with E-state index in [-0.39, 0.29) is 6.79 Å². The molecule has 0 aromatic heterocycles. The molecule has 0 bridgehead atoms. The molecule has 0 saturated carbocycles. The molecule has 6 heteroatoms. The molecule has 1 aliphatic rings. The number of methoxy groups -OCH3 is 1. The van der Waals surface area contributed by atoms with Crippen LogP contribution in [0.2, 0.25) is 0 Å². The topological polar surface area (TPSA) is 74.2 Å². The van der Waals surface area contributed by atoms with Crippen LogP contribution in [0.15, 0.2) is 78.9 Å². The zero-order valence-corrected chi connectivity index (χ0v) is 19.1. The monoisotopic (exact) mass is 460 g/mol. The fraction of sp³-hybridized carbons (Fsp3) is 0.250. The Hall–Kier alpha value is -3.77. The number of ether oxygens (including phenoxy) is 4. The lowest BCUT2D eigenvalue weighted by Gasteiger charge is -2.21. The Bertz CT molecular complexity index is 1090. The Labute approximate surface area is 199 Å². The molecule has 0 fully saturated rings. The molecule has 1 atom stereocenters. The molecule has 1 aliphatic heterocycles. The second kappa shape index (κ2) is 11.4. The maximum Gasteiger partial charge on any atom is 0.333 e. The predicted octanol–water partition coefficient (Wildman–Crippen LogP) is 5.35. The molecule has 6 nitrogen and oxygen atoms in total. The van der Waals surface area contributed by atoms with Gasteiger partial charge in [0.1, 0.15) is 17.2 Å². The quantitative estimate of drug-likeness (QED) is 0.434. The van der Waals surface area contributed by atoms with Crippen LogP contribution < -0.4 is 14.2 Å². The molecule has 1 heterocycles. The molecule has 176 valence electrons. The Kier molecular flexibility index (Phi) is 7.83. The first-order chi connectivity index (χ1) is 16.7. The molecule has 3 aromatic carbocycles. The van der Waals surface area contributed by atoms with E-state index >= 15 is 0 Å². The molecular weight excluding hydrogens is 432 g/mol. The van der Waals surface area contributed by atoms with Crippen LogP contribution in [0.4, 0.5) is 0 Å². The molecule has 34 heavy (non-hydrogen) atoms. The predicted molar refractivity (Wildman–Crippen MR) is 129 cm³/mol. The fourth-order valence-corrected chi connectivity index (χ4v) is 3.88. The zero-order chi connectivity index (χ0) is 23.8. The van der Waals surface area contributed by atoms with Gasteiger partial charge in [-0.25, -0.2) is 4.79 Å². The van der Waals surface area contributed by atoms with Crippen LogP contribution >= 0.6 is 0 Å². The molecule has 0 saturated heterocycles. The molecule has 4 rings (SSSR count). The van der Waals surface area contributed by atoms with E-state index in [9.17, 15) is 4.79 Å². The van der Waals surface area contributed by atoms with E-state index in [0.717, 1.165) is 52.4 Å². The molecule has 0 spiro atoms. The normalized spacial score (nSPS) is 13.3. The van der Waals surface area contributed by atoms with Gasteiger partial charge in [0.2, 0.25) is 6.79 Å². The Morgan fingerprint density at radius 1 is 0.971 bits per heavy atom. The van der Waals surface area contributed by atoms with Gasteiger partial charge in [0.05, 0.1) is 6.61 Å². The van der Waals surface area contributed by atoms with Crippen molar-refractivity contribution < 1.29 is 28.8 Å². The average Bonchev–Trinajstić information content (AvgIpc) is 2.85. The Morgan fingerprint density at radius 2 is 1.59 bits per heavy atom. The average molecular weight is 461 g/mol. The molecule has 0 radical (unpaired) electrons. The number of carboxylic acid groups (broad SMARTS) is 1. The third-order valence-corrected chi connectivity index (χ3v) is 5.65. The second-order valence-electron chi connectivity index (χ2n) is 7.92. The number of rotatable bonds is 9. The van der Waals surface area contributed by atoms with Gasteiger partial charge in [-0.05, 0) is 48.2 Å². The van der Waals surface area contributed by atoms with Gasteiger partial charge in [-0.1, -0.05) is 54.6 Å². The van der Waals surface area contributed by atoms with Crippen molar-refractivity contribution >= 4 is 11.5 Å². The summed E-state index contributed by atoms with van der Waals surface area (Å²) in [5.41, 5.74) is 4.06. The number of benzene rings is 3. The number of para-hydroxylation sites is 2. The number of fused-ring (bicyclic) bond motifs is 2. The van der Waals surface area contributed by atoms with Crippen molar-refractivity contribution in [2.75, 3.05) is 20.5 Å². The van der Waals surface area contributed by atoms with E-state index in [1.165, 1.54) is 7.11 Å². The first-order valence-electron chi connectivity index (χ1n) is 11.3. The summed E-state index contributed by atoms with van der Waals surface area (Å²) in [6.45, 7) is 0.742. The van der Waals surface area contributed by atoms with Gasteiger partial charge < -0.3 is 24.1 Å². The standard InChI is InChI=1S/C28H28O6/c1-31-27(28(29)30)18-20-13-15-21(16-14-20)32-17-7-6-8-22-23-9-2-4-11-25(23)33-19-34-26-12-5-3-10-24(22)26/h2-5,8-16,27H,6-7,17-19H2,1H3,(H,29,30). The van der Waals surface area contributed by atoms with Crippen LogP contribution in [0.5, 0.6) is 17.2 Å². The number of carbonyl (C=O) groups is 1. The molecule has 0 amide bonds. The summed E-state index contributed by atoms with van der Waals surface area (Å²) >= 11 is 0. The van der Waals surface area contributed by atoms with E-state index in [1.54, 1.807) is 0 Å². The van der Waals surface area contributed by atoms with Gasteiger partial charge in [-0.3, -0.25) is 0 Å². The molecular formula is C28H28O6. The summed E-state index contributed by atoms with van der Waals surface area (Å²) < 4.78 is 22.5. The van der Waals surface area contributed by atoms with E-state index in [2.05, 4.69) is 18.2 Å². The van der Waals surface area contributed by atoms with Crippen LogP contribution in [-0.2, 0) is 16.0 Å². The van der Waals surface area contributed by atoms with Gasteiger partial charge in [-0.15, -0.1) is 0 Å². The van der Waals surface area contributed by atoms with Crippen molar-refractivity contribution in [2.24, 2.45) is 0 Å². The number of aliphatic carboxylic acids is 1. The minimum absolute atomic E-state index is 0.177. The van der Waals surface area contributed by atoms with Gasteiger partial charge in [0, 0.05) is 24.7 Å². The lowest BCUT2D eigenvalue weighted by Crippen LogP contribution is -2.24. The van der Waals surface area contributed by atoms with Crippen LogP contribution in [0.1, 0.15) is 29.5 Å². The summed E-state index contributed by atoms with van der Waals surface area (Å²) in [7, 11) is 1.40. The maximum atomic E-state index is 11.1. The number of allylic oxidation sites excluding steroid dienone is 1. The maximum absolute atomic E-state index is 11.1. The highest BCUT2D eigenvalue weighted by Gasteiger charge is 2.18. The van der Waals surface area contributed by atoms with Crippen LogP contribution in [0.3, 0.4) is 0 Å². The minimum atomic E-state index is -0.968. The highest BCUT2D eigenvalue weighted by atomic mass is 16.7. The number of hydrogen-bond acceptors (Lipinski definition) is 5. The van der Waals surface area contributed by atoms with Crippen molar-refractivity contribution in [3.05, 3.63) is 95.6 Å². The van der Waals surface area contributed by atoms with Crippen LogP contribution in [0.25, 0.3) is 5.57 Å². The van der Waals surface area contributed by atoms with E-state index in [4.69, 9.17) is 24.1 Å². The van der Waals surface area contributed by atoms with Gasteiger partial charge >= 0.3 is 5.97 Å². The highest BCUT2D eigenvalue weighted by Crippen LogP contribution is 2.37. The summed E-state index contributed by atoms with van der Waals surface area (Å²) in [5.74, 6) is 1.39. The molecule has 1 unspecified atom stereocenters. The van der Waals surface area contributed by atoms with E-state index < -0.39 is 12.1 Å². The third-order valence-electron chi connectivity index (χ3n) is 5.65. The minimum Gasteiger partial charge on any atom is -0.494 e. The third kappa shape index (κ3) is 5.77. The smallest absolute Gasteiger partial charge is 0.333 e. The lowest BCUT2D eigenvalue weighted by atomic mass is 9.94. The summed E-state index contributed by atoms with van der Waals surface area (Å²) in [6.07, 6.45) is 3.33. The van der Waals surface area contributed by atoms with E-state index in [1.807, 2.05) is 60.7 Å². The molecule has 3 aromatic rings.